The molecule has 0 bridgehead atoms. The minimum absolute atomic E-state index is 0.0117. The molecule has 2 saturated heterocycles. The Morgan fingerprint density at radius 1 is 0.731 bits per heavy atom. The Morgan fingerprint density at radius 3 is 1.97 bits per heavy atom. The lowest BCUT2D eigenvalue weighted by atomic mass is 9.83. The third kappa shape index (κ3) is 26.9. The summed E-state index contributed by atoms with van der Waals surface area (Å²) in [6, 6.07) is 11.1. The highest BCUT2D eigenvalue weighted by Gasteiger charge is 2.50. The summed E-state index contributed by atoms with van der Waals surface area (Å²) in [5.74, 6) is 3.13. The van der Waals surface area contributed by atoms with Crippen LogP contribution in [-0.4, -0.2) is 209 Å². The van der Waals surface area contributed by atoms with Crippen LogP contribution >= 0.6 is 0 Å². The van der Waals surface area contributed by atoms with Gasteiger partial charge in [0, 0.05) is 123 Å². The van der Waals surface area contributed by atoms with Gasteiger partial charge in [-0.05, 0) is 118 Å². The average Bonchev–Trinajstić information content (AvgIpc) is 1.72. The second-order valence-electron chi connectivity index (χ2n) is 30.8. The van der Waals surface area contributed by atoms with Crippen molar-refractivity contribution >= 4 is 58.9 Å². The highest BCUT2D eigenvalue weighted by Crippen LogP contribution is 2.52. The summed E-state index contributed by atoms with van der Waals surface area (Å²) in [6.07, 6.45) is 1.63. The number of likely N-dealkylation sites (N-methyl/N-ethyl adjacent to an activating group) is 2. The Kier molecular flexibility index (Phi) is 37.7. The Morgan fingerprint density at radius 2 is 1.37 bits per heavy atom. The lowest BCUT2D eigenvalue weighted by Crippen LogP contribution is -2.55. The zero-order valence-corrected chi connectivity index (χ0v) is 67.2. The quantitative estimate of drug-likeness (QED) is 0.0240. The summed E-state index contributed by atoms with van der Waals surface area (Å²) in [4.78, 5) is 128. The fourth-order valence-electron chi connectivity index (χ4n) is 15.5. The molecule has 25 nitrogen and oxygen atoms in total. The number of fused-ring (bicyclic) bond motifs is 1. The van der Waals surface area contributed by atoms with Crippen LogP contribution in [0.5, 0.6) is 5.75 Å². The van der Waals surface area contributed by atoms with Crippen molar-refractivity contribution < 1.29 is 95.6 Å². The molecule has 3 unspecified atom stereocenters. The van der Waals surface area contributed by atoms with Crippen LogP contribution in [0.1, 0.15) is 197 Å². The topological polar surface area (TPSA) is 300 Å². The number of hydrogen-bond acceptors (Lipinski definition) is 20. The first kappa shape index (κ1) is 89.8. The number of rotatable bonds is 46. The number of carbonyl (C=O) groups excluding carboxylic acids is 9. The third-order valence-electron chi connectivity index (χ3n) is 22.5. The van der Waals surface area contributed by atoms with Gasteiger partial charge in [0.15, 0.2) is 11.9 Å². The number of hydrogen-bond donors (Lipinski definition) is 3. The normalized spacial score (nSPS) is 22.9. The summed E-state index contributed by atoms with van der Waals surface area (Å²) in [5.41, 5.74) is 1.26. The summed E-state index contributed by atoms with van der Waals surface area (Å²) in [5, 5.41) is 16.8. The van der Waals surface area contributed by atoms with E-state index in [9.17, 15) is 43.5 Å². The Labute approximate surface area is 641 Å². The van der Waals surface area contributed by atoms with Gasteiger partial charge in [0.05, 0.1) is 94.0 Å². The molecule has 108 heavy (non-hydrogen) atoms. The van der Waals surface area contributed by atoms with Gasteiger partial charge in [-0.3, -0.25) is 38.4 Å². The predicted molar refractivity (Wildman–Crippen MR) is 406 cm³/mol. The van der Waals surface area contributed by atoms with Crippen LogP contribution in [0.3, 0.4) is 0 Å². The molecule has 0 radical (unpaired) electrons. The van der Waals surface area contributed by atoms with Crippen molar-refractivity contribution in [1.82, 2.24) is 20.0 Å². The third-order valence-corrected chi connectivity index (χ3v) is 22.5. The van der Waals surface area contributed by atoms with Gasteiger partial charge in [0.2, 0.25) is 29.9 Å². The lowest BCUT2D eigenvalue weighted by molar-refractivity contribution is -0.243. The number of nitrogens with one attached hydrogen (secondary N) is 2. The zero-order valence-electron chi connectivity index (χ0n) is 67.2. The number of ketones is 2. The van der Waals surface area contributed by atoms with Gasteiger partial charge < -0.3 is 77.8 Å². The fraction of sp³-hybridized carbons (Fsp3) is 0.723. The maximum atomic E-state index is 15.1. The van der Waals surface area contributed by atoms with Gasteiger partial charge in [0.1, 0.15) is 18.1 Å². The van der Waals surface area contributed by atoms with Crippen LogP contribution in [0.4, 0.5) is 10.5 Å². The predicted octanol–water partition coefficient (Wildman–Crippen LogP) is 10.9. The van der Waals surface area contributed by atoms with Gasteiger partial charge in [-0.2, -0.15) is 0 Å². The van der Waals surface area contributed by atoms with E-state index in [0.717, 1.165) is 25.7 Å². The highest BCUT2D eigenvalue weighted by molar-refractivity contribution is 5.94. The van der Waals surface area contributed by atoms with Gasteiger partial charge in [0.25, 0.3) is 0 Å². The van der Waals surface area contributed by atoms with Crippen molar-refractivity contribution in [3.63, 3.8) is 0 Å². The maximum Gasteiger partial charge on any atom is 0.410 e. The number of amides is 5. The molecular formula is C83H127N5O20. The van der Waals surface area contributed by atoms with Crippen LogP contribution in [-0.2, 0) is 87.6 Å². The maximum absolute atomic E-state index is 15.1. The summed E-state index contributed by atoms with van der Waals surface area (Å²) in [6.45, 7) is 24.6. The Bertz CT molecular complexity index is 3250. The number of benzene rings is 2. The standard InChI is InChI=1S/C83H127N5O20/c1-17-53(6)76(71(99-15)48-73(93)88-39-25-33-68(88)78(100-16)56(9)80(96)84-57(10)77(95)60-28-21-20-22-29-60)86(13)81(97)66(51(2)3)47-69(91)75(52(4)5)87(14)83(98)105-49-61-46-62(35-37-70(61)108-82-79(107-59(12)89)55(8)54(7)58(11)106-82)85-72(92)38-36-63(90)30-26-40-101-42-44-103-45-43-102-41-27-34-74(94)104-50-67-64-31-23-18-19-24-32-65(64)67/h20-22,28-29,35,37,46,51-58,64-68,71,75-79,82,95H,17,23-27,30-34,36,38-45,47-50H2,1-16H3,(H,84,96)(H,85,92)/t53-,54-,55?,56+,57+,58?,64-,65+,66-,67?,68-,71+,75-,76-,77+,78+,79-,82-/m0/s1. The fourth-order valence-corrected chi connectivity index (χ4v) is 15.5. The van der Waals surface area contributed by atoms with Crippen LogP contribution in [0.2, 0.25) is 0 Å². The van der Waals surface area contributed by atoms with E-state index in [2.05, 4.69) is 22.5 Å². The molecule has 25 heteroatoms. The molecule has 6 rings (SSSR count). The van der Waals surface area contributed by atoms with Crippen molar-refractivity contribution in [1.29, 1.82) is 0 Å². The first-order valence-electron chi connectivity index (χ1n) is 39.4. The second-order valence-corrected chi connectivity index (χ2v) is 30.8. The van der Waals surface area contributed by atoms with E-state index >= 15 is 4.79 Å². The lowest BCUT2D eigenvalue weighted by Gasteiger charge is -2.42. The van der Waals surface area contributed by atoms with Gasteiger partial charge in [-0.25, -0.2) is 4.79 Å². The van der Waals surface area contributed by atoms with Gasteiger partial charge in [-0.1, -0.05) is 99.1 Å². The minimum atomic E-state index is -1.08. The minimum Gasteiger partial charge on any atom is -0.465 e. The average molecular weight is 1510 g/mol. The van der Waals surface area contributed by atoms with E-state index in [-0.39, 0.29) is 108 Å². The smallest absolute Gasteiger partial charge is 0.410 e. The van der Waals surface area contributed by atoms with Crippen molar-refractivity contribution in [2.75, 3.05) is 86.4 Å². The molecule has 0 aromatic heterocycles. The van der Waals surface area contributed by atoms with Gasteiger partial charge >= 0.3 is 18.0 Å². The van der Waals surface area contributed by atoms with Crippen molar-refractivity contribution in [2.24, 2.45) is 59.2 Å². The van der Waals surface area contributed by atoms with Crippen LogP contribution in [0.15, 0.2) is 48.5 Å². The van der Waals surface area contributed by atoms with Crippen LogP contribution < -0.4 is 15.4 Å². The molecule has 2 aromatic carbocycles. The van der Waals surface area contributed by atoms with Crippen molar-refractivity contribution in [2.45, 2.75) is 247 Å². The summed E-state index contributed by atoms with van der Waals surface area (Å²) in [7, 11) is 6.18. The molecule has 1 saturated carbocycles. The number of aliphatic hydroxyl groups excluding tert-OH is 1. The van der Waals surface area contributed by atoms with E-state index in [1.165, 1.54) is 33.1 Å². The summed E-state index contributed by atoms with van der Waals surface area (Å²) < 4.78 is 59.2. The van der Waals surface area contributed by atoms with E-state index < -0.39 is 97.2 Å². The summed E-state index contributed by atoms with van der Waals surface area (Å²) >= 11 is 0. The molecular weight excluding hydrogens is 1390 g/mol. The first-order valence-corrected chi connectivity index (χ1v) is 39.4. The molecule has 604 valence electrons. The molecule has 2 heterocycles. The number of aliphatic hydroxyl groups is 1. The number of likely N-dealkylation sites (tertiary alicyclic amines) is 1. The second kappa shape index (κ2) is 45.3. The van der Waals surface area contributed by atoms with E-state index in [4.69, 9.17) is 47.4 Å². The first-order chi connectivity index (χ1) is 51.5. The molecule has 0 spiro atoms. The largest absolute Gasteiger partial charge is 0.465 e. The number of methoxy groups -OCH3 is 2. The Balaban J connectivity index is 1.01. The van der Waals surface area contributed by atoms with E-state index in [0.29, 0.717) is 120 Å². The van der Waals surface area contributed by atoms with Crippen molar-refractivity contribution in [3.8, 4) is 17.6 Å². The molecule has 3 N–H and O–H groups in total. The van der Waals surface area contributed by atoms with Crippen LogP contribution in [0.25, 0.3) is 0 Å². The van der Waals surface area contributed by atoms with Crippen LogP contribution in [0, 0.1) is 71.0 Å². The van der Waals surface area contributed by atoms with E-state index in [1.54, 1.807) is 74.9 Å². The number of Topliss-reactive ketones (excluding diaryl/α,β-unsaturated/α-hetero) is 2. The molecule has 4 aliphatic rings. The highest BCUT2D eigenvalue weighted by atomic mass is 16.7. The van der Waals surface area contributed by atoms with E-state index in [1.807, 2.05) is 66.7 Å². The molecule has 3 fully saturated rings. The Hall–Kier alpha value is -7.05. The number of esters is 2. The zero-order chi connectivity index (χ0) is 79.3. The SMILES string of the molecule is CC[C@H](C)[C@@H]([C@@H](CC(=O)N1CCC[C@H]1[C@H](OC)[C@@H](C)C(=O)N[C@H](C)[C@@H](O)c1ccccc1)OC)N(C)C(=O)[C@@H](CC(=O)[C@H](C(C)C)N(C)C(=O)OCc1cc(NC(=O)CCC(=O)CCCOCCOCCOCCCC(=O)OCC2[C@H]3CCC#CCC[C@@H]23)ccc1O[C@@H]1OC(C)[C@@H](C)C(C)[C@@H]1OC(C)=O)C(C)C. The number of carbonyl (C=O) groups is 9. The number of ether oxygens (including phenoxy) is 10. The van der Waals surface area contributed by atoms with Gasteiger partial charge in [-0.15, -0.1) is 11.8 Å². The monoisotopic (exact) mass is 1510 g/mol. The molecule has 18 atom stereocenters. The number of nitrogens with zero attached hydrogens (tertiary/aromatic N) is 3. The molecule has 2 aliphatic carbocycles. The molecule has 2 aromatic rings. The molecule has 2 aliphatic heterocycles. The number of anilines is 1. The van der Waals surface area contributed by atoms with Crippen molar-refractivity contribution in [3.05, 3.63) is 59.7 Å². The molecule has 5 amide bonds.